The largest absolute Gasteiger partial charge is 0.361 e. The molecule has 0 spiro atoms. The van der Waals surface area contributed by atoms with Gasteiger partial charge in [-0.3, -0.25) is 0 Å². The van der Waals surface area contributed by atoms with Gasteiger partial charge in [-0.1, -0.05) is 40.0 Å². The van der Waals surface area contributed by atoms with Crippen LogP contribution in [0.4, 0.5) is 0 Å². The van der Waals surface area contributed by atoms with E-state index >= 15 is 0 Å². The van der Waals surface area contributed by atoms with Gasteiger partial charge in [-0.2, -0.15) is 0 Å². The van der Waals surface area contributed by atoms with Crippen molar-refractivity contribution in [1.82, 2.24) is 10.6 Å². The molecule has 2 nitrogen and oxygen atoms in total. The summed E-state index contributed by atoms with van der Waals surface area (Å²) in [7, 11) is 0. The van der Waals surface area contributed by atoms with E-state index in [1.54, 1.807) is 0 Å². The summed E-state index contributed by atoms with van der Waals surface area (Å²) in [6, 6.07) is 0.966. The van der Waals surface area contributed by atoms with Gasteiger partial charge < -0.3 is 10.6 Å². The molecular weight excluding hydrogens is 240 g/mol. The molecule has 1 aliphatic rings. The molecule has 0 amide bonds. The smallest absolute Gasteiger partial charge is 0.166 e. The Morgan fingerprint density at radius 3 is 2.39 bits per heavy atom. The summed E-state index contributed by atoms with van der Waals surface area (Å²) in [5.41, 5.74) is 0. The summed E-state index contributed by atoms with van der Waals surface area (Å²) in [4.78, 5) is 0. The van der Waals surface area contributed by atoms with Gasteiger partial charge in [0, 0.05) is 12.1 Å². The molecule has 0 radical (unpaired) electrons. The van der Waals surface area contributed by atoms with E-state index in [1.165, 1.54) is 25.7 Å². The first kappa shape index (κ1) is 15.7. The fourth-order valence-corrected chi connectivity index (χ4v) is 3.74. The number of thiocarbonyl (C=S) groups is 1. The van der Waals surface area contributed by atoms with Crippen molar-refractivity contribution in [2.45, 2.75) is 72.4 Å². The van der Waals surface area contributed by atoms with Gasteiger partial charge >= 0.3 is 0 Å². The second-order valence-electron chi connectivity index (χ2n) is 6.09. The van der Waals surface area contributed by atoms with Crippen molar-refractivity contribution in [2.24, 2.45) is 17.8 Å². The Kier molecular flexibility index (Phi) is 6.40. The zero-order chi connectivity index (χ0) is 13.7. The van der Waals surface area contributed by atoms with Gasteiger partial charge in [-0.25, -0.2) is 0 Å². The first-order valence-corrected chi connectivity index (χ1v) is 7.97. The molecule has 0 aromatic carbocycles. The van der Waals surface area contributed by atoms with Crippen molar-refractivity contribution in [3.05, 3.63) is 0 Å². The Morgan fingerprint density at radius 1 is 1.22 bits per heavy atom. The molecule has 2 N–H and O–H groups in total. The SMILES string of the molecule is CCC1CCC(C)C(CC)C1NC(=S)NC(C)C. The van der Waals surface area contributed by atoms with Crippen LogP contribution in [0, 0.1) is 17.8 Å². The van der Waals surface area contributed by atoms with E-state index < -0.39 is 0 Å². The van der Waals surface area contributed by atoms with Crippen LogP contribution in [0.2, 0.25) is 0 Å². The normalized spacial score (nSPS) is 32.3. The summed E-state index contributed by atoms with van der Waals surface area (Å²) in [6.45, 7) is 11.3. The molecule has 1 rings (SSSR count). The van der Waals surface area contributed by atoms with Gasteiger partial charge in [0.15, 0.2) is 5.11 Å². The van der Waals surface area contributed by atoms with Gasteiger partial charge in [0.05, 0.1) is 0 Å². The number of hydrogen-bond acceptors (Lipinski definition) is 1. The van der Waals surface area contributed by atoms with E-state index in [0.717, 1.165) is 22.9 Å². The maximum absolute atomic E-state index is 5.43. The van der Waals surface area contributed by atoms with Crippen molar-refractivity contribution in [1.29, 1.82) is 0 Å². The Bertz CT molecular complexity index is 265. The lowest BCUT2D eigenvalue weighted by atomic mass is 9.69. The van der Waals surface area contributed by atoms with E-state index in [0.29, 0.717) is 12.1 Å². The van der Waals surface area contributed by atoms with Crippen LogP contribution >= 0.6 is 12.2 Å². The predicted molar refractivity (Wildman–Crippen MR) is 83.8 cm³/mol. The number of rotatable bonds is 4. The van der Waals surface area contributed by atoms with E-state index in [-0.39, 0.29) is 0 Å². The third kappa shape index (κ3) is 4.11. The maximum Gasteiger partial charge on any atom is 0.166 e. The molecule has 0 aromatic heterocycles. The maximum atomic E-state index is 5.43. The Labute approximate surface area is 118 Å². The average Bonchev–Trinajstić information content (AvgIpc) is 2.28. The fourth-order valence-electron chi connectivity index (χ4n) is 3.37. The minimum absolute atomic E-state index is 0.408. The van der Waals surface area contributed by atoms with E-state index in [9.17, 15) is 0 Å². The molecule has 0 heterocycles. The second-order valence-corrected chi connectivity index (χ2v) is 6.50. The zero-order valence-electron chi connectivity index (χ0n) is 12.6. The number of hydrogen-bond donors (Lipinski definition) is 2. The minimum Gasteiger partial charge on any atom is -0.361 e. The second kappa shape index (κ2) is 7.32. The van der Waals surface area contributed by atoms with Crippen molar-refractivity contribution >= 4 is 17.3 Å². The highest BCUT2D eigenvalue weighted by atomic mass is 32.1. The quantitative estimate of drug-likeness (QED) is 0.762. The monoisotopic (exact) mass is 270 g/mol. The van der Waals surface area contributed by atoms with Crippen molar-refractivity contribution in [3.8, 4) is 0 Å². The van der Waals surface area contributed by atoms with Crippen molar-refractivity contribution in [2.75, 3.05) is 0 Å². The van der Waals surface area contributed by atoms with Gasteiger partial charge in [0.25, 0.3) is 0 Å². The van der Waals surface area contributed by atoms with Crippen LogP contribution in [0.5, 0.6) is 0 Å². The van der Waals surface area contributed by atoms with Crippen LogP contribution in [0.3, 0.4) is 0 Å². The Morgan fingerprint density at radius 2 is 1.89 bits per heavy atom. The molecular formula is C15H30N2S. The minimum atomic E-state index is 0.408. The summed E-state index contributed by atoms with van der Waals surface area (Å²) >= 11 is 5.43. The molecule has 3 heteroatoms. The molecule has 1 aliphatic carbocycles. The zero-order valence-corrected chi connectivity index (χ0v) is 13.4. The first-order chi connectivity index (χ1) is 8.49. The van der Waals surface area contributed by atoms with Crippen LogP contribution in [0.15, 0.2) is 0 Å². The lowest BCUT2D eigenvalue weighted by Gasteiger charge is -2.42. The molecule has 0 bridgehead atoms. The van der Waals surface area contributed by atoms with E-state index in [2.05, 4.69) is 45.3 Å². The Balaban J connectivity index is 2.68. The predicted octanol–water partition coefficient (Wildman–Crippen LogP) is 3.71. The summed E-state index contributed by atoms with van der Waals surface area (Å²) in [6.07, 6.45) is 5.22. The van der Waals surface area contributed by atoms with Crippen LogP contribution < -0.4 is 10.6 Å². The van der Waals surface area contributed by atoms with E-state index in [1.807, 2.05) is 0 Å². The van der Waals surface area contributed by atoms with Crippen LogP contribution in [0.1, 0.15) is 60.3 Å². The fraction of sp³-hybridized carbons (Fsp3) is 0.933. The topological polar surface area (TPSA) is 24.1 Å². The molecule has 0 aliphatic heterocycles. The molecule has 1 saturated carbocycles. The number of nitrogens with one attached hydrogen (secondary N) is 2. The molecule has 0 saturated heterocycles. The van der Waals surface area contributed by atoms with Crippen molar-refractivity contribution < 1.29 is 0 Å². The highest BCUT2D eigenvalue weighted by Gasteiger charge is 2.35. The van der Waals surface area contributed by atoms with E-state index in [4.69, 9.17) is 12.2 Å². The lowest BCUT2D eigenvalue weighted by molar-refractivity contribution is 0.135. The summed E-state index contributed by atoms with van der Waals surface area (Å²) in [5.74, 6) is 2.35. The molecule has 4 unspecified atom stereocenters. The third-order valence-electron chi connectivity index (χ3n) is 4.41. The van der Waals surface area contributed by atoms with Crippen LogP contribution in [-0.2, 0) is 0 Å². The molecule has 0 aromatic rings. The standard InChI is InChI=1S/C15H30N2S/c1-6-12-9-8-11(5)13(7-2)14(12)17-15(18)16-10(3)4/h10-14H,6-9H2,1-5H3,(H2,16,17,18). The van der Waals surface area contributed by atoms with Gasteiger partial charge in [0.1, 0.15) is 0 Å². The first-order valence-electron chi connectivity index (χ1n) is 7.56. The molecule has 106 valence electrons. The van der Waals surface area contributed by atoms with Crippen molar-refractivity contribution in [3.63, 3.8) is 0 Å². The molecule has 18 heavy (non-hydrogen) atoms. The average molecular weight is 270 g/mol. The van der Waals surface area contributed by atoms with Gasteiger partial charge in [0.2, 0.25) is 0 Å². The molecule has 1 fully saturated rings. The molecule has 4 atom stereocenters. The highest BCUT2D eigenvalue weighted by Crippen LogP contribution is 2.37. The van der Waals surface area contributed by atoms with Gasteiger partial charge in [-0.05, 0) is 50.2 Å². The van der Waals surface area contributed by atoms with Crippen LogP contribution in [-0.4, -0.2) is 17.2 Å². The summed E-state index contributed by atoms with van der Waals surface area (Å²) < 4.78 is 0. The lowest BCUT2D eigenvalue weighted by Crippen LogP contribution is -2.53. The summed E-state index contributed by atoms with van der Waals surface area (Å²) in [5, 5.41) is 7.75. The third-order valence-corrected chi connectivity index (χ3v) is 4.64. The van der Waals surface area contributed by atoms with Crippen LogP contribution in [0.25, 0.3) is 0 Å². The van der Waals surface area contributed by atoms with Gasteiger partial charge in [-0.15, -0.1) is 0 Å². The Hall–Kier alpha value is -0.310. The highest BCUT2D eigenvalue weighted by molar-refractivity contribution is 7.80.